The molecule has 224 valence electrons. The van der Waals surface area contributed by atoms with Crippen LogP contribution in [-0.4, -0.2) is 65.4 Å². The van der Waals surface area contributed by atoms with Gasteiger partial charge in [-0.15, -0.1) is 0 Å². The molecule has 0 aliphatic carbocycles. The summed E-state index contributed by atoms with van der Waals surface area (Å²) in [5.41, 5.74) is 2.86. The van der Waals surface area contributed by atoms with E-state index < -0.39 is 29.0 Å². The molecule has 1 aliphatic heterocycles. The molecule has 0 fully saturated rings. The Morgan fingerprint density at radius 2 is 1.12 bits per heavy atom. The van der Waals surface area contributed by atoms with Crippen molar-refractivity contribution in [2.45, 2.75) is 43.4 Å². The van der Waals surface area contributed by atoms with Gasteiger partial charge in [-0.05, 0) is 48.9 Å². The number of hydrogen-bond donors (Lipinski definition) is 4. The Hall–Kier alpha value is -4.44. The summed E-state index contributed by atoms with van der Waals surface area (Å²) in [4.78, 5) is 65.4. The number of fused-ring (bicyclic) bond motifs is 1. The lowest BCUT2D eigenvalue weighted by molar-refractivity contribution is -0.136. The highest BCUT2D eigenvalue weighted by atomic mass is 32.1. The molecule has 0 spiro atoms. The number of nitrogens with zero attached hydrogens (tertiary/aromatic N) is 1. The summed E-state index contributed by atoms with van der Waals surface area (Å²) in [5.74, 6) is -2.40. The van der Waals surface area contributed by atoms with Crippen molar-refractivity contribution in [2.75, 3.05) is 19.6 Å². The van der Waals surface area contributed by atoms with Crippen LogP contribution in [0.25, 0.3) is 0 Å². The smallest absolute Gasteiger partial charge is 0.261 e. The minimum Gasteiger partial charge on any atom is -0.354 e. The number of nitrogens with one attached hydrogen (secondary N) is 3. The van der Waals surface area contributed by atoms with Crippen LogP contribution >= 0.6 is 12.6 Å². The molecule has 10 heteroatoms. The van der Waals surface area contributed by atoms with E-state index in [1.54, 1.807) is 24.3 Å². The molecule has 0 saturated carbocycles. The van der Waals surface area contributed by atoms with Crippen molar-refractivity contribution in [1.29, 1.82) is 0 Å². The minimum absolute atomic E-state index is 0.227. The van der Waals surface area contributed by atoms with Crippen LogP contribution in [0.1, 0.15) is 51.1 Å². The summed E-state index contributed by atoms with van der Waals surface area (Å²) in [7, 11) is 0. The maximum atomic E-state index is 13.0. The van der Waals surface area contributed by atoms with E-state index in [-0.39, 0.29) is 18.4 Å². The van der Waals surface area contributed by atoms with Crippen molar-refractivity contribution in [2.24, 2.45) is 0 Å². The SMILES string of the molecule is O=C(NCCc1ccccc1)C(NC(=O)[C@@H](S)CCCCN1C(=O)c2ccccc2C1=O)C(=O)NCCc1ccccc1. The molecule has 4 rings (SSSR count). The van der Waals surface area contributed by atoms with Gasteiger partial charge in [-0.2, -0.15) is 12.6 Å². The first-order valence-electron chi connectivity index (χ1n) is 14.4. The van der Waals surface area contributed by atoms with Gasteiger partial charge in [-0.1, -0.05) is 79.2 Å². The van der Waals surface area contributed by atoms with Gasteiger partial charge >= 0.3 is 0 Å². The average molecular weight is 601 g/mol. The molecule has 43 heavy (non-hydrogen) atoms. The zero-order valence-electron chi connectivity index (χ0n) is 23.8. The number of thiol groups is 1. The second-order valence-corrected chi connectivity index (χ2v) is 10.9. The minimum atomic E-state index is -1.42. The zero-order valence-corrected chi connectivity index (χ0v) is 24.7. The number of hydrogen-bond acceptors (Lipinski definition) is 6. The largest absolute Gasteiger partial charge is 0.354 e. The fourth-order valence-corrected chi connectivity index (χ4v) is 5.08. The molecular formula is C33H36N4O5S. The van der Waals surface area contributed by atoms with E-state index in [9.17, 15) is 24.0 Å². The van der Waals surface area contributed by atoms with Crippen molar-refractivity contribution in [1.82, 2.24) is 20.9 Å². The lowest BCUT2D eigenvalue weighted by Crippen LogP contribution is -2.57. The van der Waals surface area contributed by atoms with Crippen molar-refractivity contribution >= 4 is 42.2 Å². The maximum Gasteiger partial charge on any atom is 0.261 e. The Labute approximate surface area is 256 Å². The molecule has 1 aliphatic rings. The monoisotopic (exact) mass is 600 g/mol. The predicted octanol–water partition coefficient (Wildman–Crippen LogP) is 2.95. The topological polar surface area (TPSA) is 125 Å². The van der Waals surface area contributed by atoms with Crippen LogP contribution in [0.4, 0.5) is 0 Å². The summed E-state index contributed by atoms with van der Waals surface area (Å²) < 4.78 is 0. The third-order valence-electron chi connectivity index (χ3n) is 7.21. The molecule has 0 aromatic heterocycles. The van der Waals surface area contributed by atoms with Gasteiger partial charge in [0.05, 0.1) is 16.4 Å². The van der Waals surface area contributed by atoms with Gasteiger partial charge in [0, 0.05) is 19.6 Å². The fourth-order valence-electron chi connectivity index (χ4n) is 4.82. The van der Waals surface area contributed by atoms with Crippen LogP contribution in [0.15, 0.2) is 84.9 Å². The second-order valence-electron chi connectivity index (χ2n) is 10.3. The number of rotatable bonds is 15. The standard InChI is InChI=1S/C33H36N4O5S/c38-29(27(43)17-9-10-22-37-32(41)25-15-7-8-16-26(25)33(37)42)36-28(30(39)34-20-18-23-11-3-1-4-12-23)31(40)35-21-19-24-13-5-2-6-14-24/h1-8,11-16,27-28,43H,9-10,17-22H2,(H,34,39)(H,35,40)(H,36,38)/t27-/m0/s1. The van der Waals surface area contributed by atoms with E-state index in [1.807, 2.05) is 60.7 Å². The summed E-state index contributed by atoms with van der Waals surface area (Å²) in [6.07, 6.45) is 2.47. The highest BCUT2D eigenvalue weighted by Crippen LogP contribution is 2.23. The summed E-state index contributed by atoms with van der Waals surface area (Å²) in [6, 6.07) is 24.5. The fraction of sp³-hybridized carbons (Fsp3) is 0.303. The van der Waals surface area contributed by atoms with Gasteiger partial charge in [-0.3, -0.25) is 28.9 Å². The van der Waals surface area contributed by atoms with Crippen molar-refractivity contribution in [3.63, 3.8) is 0 Å². The van der Waals surface area contributed by atoms with Gasteiger partial charge in [0.15, 0.2) is 6.04 Å². The van der Waals surface area contributed by atoms with E-state index in [0.717, 1.165) is 11.1 Å². The van der Waals surface area contributed by atoms with Gasteiger partial charge in [-0.25, -0.2) is 0 Å². The summed E-state index contributed by atoms with van der Waals surface area (Å²) >= 11 is 4.41. The van der Waals surface area contributed by atoms with Crippen LogP contribution in [0, 0.1) is 0 Å². The van der Waals surface area contributed by atoms with Gasteiger partial charge < -0.3 is 16.0 Å². The number of carbonyl (C=O) groups excluding carboxylic acids is 5. The van der Waals surface area contributed by atoms with Crippen LogP contribution in [0.2, 0.25) is 0 Å². The molecule has 1 heterocycles. The second kappa shape index (κ2) is 15.7. The molecule has 9 nitrogen and oxygen atoms in total. The van der Waals surface area contributed by atoms with Crippen LogP contribution in [0.3, 0.4) is 0 Å². The third kappa shape index (κ3) is 8.78. The van der Waals surface area contributed by atoms with E-state index >= 15 is 0 Å². The average Bonchev–Trinajstić information content (AvgIpc) is 3.27. The molecule has 3 N–H and O–H groups in total. The lowest BCUT2D eigenvalue weighted by atomic mass is 10.1. The Morgan fingerprint density at radius 1 is 0.651 bits per heavy atom. The molecule has 0 saturated heterocycles. The first-order valence-corrected chi connectivity index (χ1v) is 14.9. The Morgan fingerprint density at radius 3 is 1.60 bits per heavy atom. The first-order chi connectivity index (χ1) is 20.8. The maximum absolute atomic E-state index is 13.0. The lowest BCUT2D eigenvalue weighted by Gasteiger charge is -2.20. The molecule has 0 unspecified atom stereocenters. The Kier molecular flexibility index (Phi) is 11.5. The molecule has 3 aromatic carbocycles. The number of carbonyl (C=O) groups is 5. The zero-order chi connectivity index (χ0) is 30.6. The van der Waals surface area contributed by atoms with Crippen molar-refractivity contribution in [3.8, 4) is 0 Å². The molecule has 0 bridgehead atoms. The van der Waals surface area contributed by atoms with E-state index in [0.29, 0.717) is 56.3 Å². The Balaban J connectivity index is 1.27. The van der Waals surface area contributed by atoms with Gasteiger partial charge in [0.1, 0.15) is 0 Å². The molecule has 3 aromatic rings. The molecule has 5 amide bonds. The quantitative estimate of drug-likeness (QED) is 0.0925. The Bertz CT molecular complexity index is 1340. The molecule has 1 atom stereocenters. The van der Waals surface area contributed by atoms with Gasteiger partial charge in [0.25, 0.3) is 23.6 Å². The number of unbranched alkanes of at least 4 members (excludes halogenated alkanes) is 1. The normalized spacial score (nSPS) is 13.0. The summed E-state index contributed by atoms with van der Waals surface area (Å²) in [5, 5.41) is 7.28. The predicted molar refractivity (Wildman–Crippen MR) is 167 cm³/mol. The van der Waals surface area contributed by atoms with Crippen LogP contribution in [-0.2, 0) is 27.2 Å². The number of amides is 5. The van der Waals surface area contributed by atoms with Crippen molar-refractivity contribution in [3.05, 3.63) is 107 Å². The third-order valence-corrected chi connectivity index (χ3v) is 7.71. The molecular weight excluding hydrogens is 564 g/mol. The van der Waals surface area contributed by atoms with E-state index in [4.69, 9.17) is 0 Å². The van der Waals surface area contributed by atoms with Crippen LogP contribution < -0.4 is 16.0 Å². The summed E-state index contributed by atoms with van der Waals surface area (Å²) in [6.45, 7) is 0.827. The highest BCUT2D eigenvalue weighted by Gasteiger charge is 2.34. The number of imide groups is 1. The van der Waals surface area contributed by atoms with Gasteiger partial charge in [0.2, 0.25) is 5.91 Å². The highest BCUT2D eigenvalue weighted by molar-refractivity contribution is 7.81. The number of benzene rings is 3. The first kappa shape index (κ1) is 31.5. The molecule has 0 radical (unpaired) electrons. The van der Waals surface area contributed by atoms with Crippen molar-refractivity contribution < 1.29 is 24.0 Å². The van der Waals surface area contributed by atoms with Crippen LogP contribution in [0.5, 0.6) is 0 Å². The van der Waals surface area contributed by atoms with E-state index in [2.05, 4.69) is 28.6 Å². The van der Waals surface area contributed by atoms with E-state index in [1.165, 1.54) is 4.90 Å².